The highest BCUT2D eigenvalue weighted by Gasteiger charge is 2.11. The number of carbonyl (C=O) groups is 2. The minimum Gasteiger partial charge on any atom is -0.342 e. The Morgan fingerprint density at radius 3 is 2.86 bits per heavy atom. The van der Waals surface area contributed by atoms with Gasteiger partial charge in [-0.15, -0.1) is 11.3 Å². The molecule has 3 aromatic rings. The summed E-state index contributed by atoms with van der Waals surface area (Å²) < 4.78 is 0. The Kier molecular flexibility index (Phi) is 3.65. The maximum absolute atomic E-state index is 11.9. The molecule has 0 bridgehead atoms. The normalized spacial score (nSPS) is 10.5. The average Bonchev–Trinajstić information content (AvgIpc) is 3.15. The first-order chi connectivity index (χ1) is 10.2. The van der Waals surface area contributed by atoms with E-state index in [9.17, 15) is 9.59 Å². The first kappa shape index (κ1) is 13.3. The first-order valence-corrected chi connectivity index (χ1v) is 7.16. The maximum atomic E-state index is 11.9. The van der Waals surface area contributed by atoms with Crippen molar-refractivity contribution in [3.63, 3.8) is 0 Å². The fourth-order valence-electron chi connectivity index (χ4n) is 1.89. The number of aromatic nitrogens is 2. The van der Waals surface area contributed by atoms with Crippen LogP contribution in [0.1, 0.15) is 9.67 Å². The molecule has 0 atom stereocenters. The SMILES string of the molecule is O=C(CNC(=O)c1cccs1)Nc1n[nH]c2ccccc12. The lowest BCUT2D eigenvalue weighted by molar-refractivity contribution is -0.115. The van der Waals surface area contributed by atoms with Gasteiger partial charge in [0.1, 0.15) is 0 Å². The monoisotopic (exact) mass is 300 g/mol. The molecule has 1 aromatic carbocycles. The van der Waals surface area contributed by atoms with Gasteiger partial charge >= 0.3 is 0 Å². The first-order valence-electron chi connectivity index (χ1n) is 6.29. The zero-order chi connectivity index (χ0) is 14.7. The summed E-state index contributed by atoms with van der Waals surface area (Å²) in [7, 11) is 0. The summed E-state index contributed by atoms with van der Waals surface area (Å²) in [5.41, 5.74) is 0.843. The van der Waals surface area contributed by atoms with Crippen molar-refractivity contribution in [2.24, 2.45) is 0 Å². The van der Waals surface area contributed by atoms with Crippen molar-refractivity contribution < 1.29 is 9.59 Å². The van der Waals surface area contributed by atoms with Gasteiger partial charge in [-0.1, -0.05) is 18.2 Å². The van der Waals surface area contributed by atoms with E-state index in [1.54, 1.807) is 12.1 Å². The number of H-pyrrole nitrogens is 1. The van der Waals surface area contributed by atoms with Crippen LogP contribution in [-0.2, 0) is 4.79 Å². The molecule has 21 heavy (non-hydrogen) atoms. The van der Waals surface area contributed by atoms with Crippen LogP contribution in [0.4, 0.5) is 5.82 Å². The van der Waals surface area contributed by atoms with E-state index >= 15 is 0 Å². The minimum atomic E-state index is -0.322. The Hall–Kier alpha value is -2.67. The number of aromatic amines is 1. The highest BCUT2D eigenvalue weighted by Crippen LogP contribution is 2.19. The molecule has 2 heterocycles. The molecule has 2 aromatic heterocycles. The van der Waals surface area contributed by atoms with E-state index in [0.29, 0.717) is 10.7 Å². The molecule has 0 saturated carbocycles. The second kappa shape index (κ2) is 5.76. The van der Waals surface area contributed by atoms with Crippen LogP contribution in [0.25, 0.3) is 10.9 Å². The predicted molar refractivity (Wildman–Crippen MR) is 81.4 cm³/mol. The number of anilines is 1. The van der Waals surface area contributed by atoms with Gasteiger partial charge in [-0.2, -0.15) is 5.10 Å². The summed E-state index contributed by atoms with van der Waals surface area (Å²) in [4.78, 5) is 24.2. The van der Waals surface area contributed by atoms with Crippen molar-refractivity contribution in [3.8, 4) is 0 Å². The van der Waals surface area contributed by atoms with Crippen LogP contribution in [0.5, 0.6) is 0 Å². The average molecular weight is 300 g/mol. The number of hydrogen-bond donors (Lipinski definition) is 3. The molecule has 0 unspecified atom stereocenters. The number of nitrogens with one attached hydrogen (secondary N) is 3. The molecule has 7 heteroatoms. The zero-order valence-electron chi connectivity index (χ0n) is 10.9. The van der Waals surface area contributed by atoms with E-state index in [1.165, 1.54) is 11.3 Å². The number of amides is 2. The van der Waals surface area contributed by atoms with E-state index in [4.69, 9.17) is 0 Å². The van der Waals surface area contributed by atoms with Crippen molar-refractivity contribution in [1.82, 2.24) is 15.5 Å². The van der Waals surface area contributed by atoms with Gasteiger partial charge in [-0.05, 0) is 23.6 Å². The van der Waals surface area contributed by atoms with Crippen LogP contribution in [-0.4, -0.2) is 28.6 Å². The van der Waals surface area contributed by atoms with E-state index in [2.05, 4.69) is 20.8 Å². The Morgan fingerprint density at radius 2 is 2.05 bits per heavy atom. The smallest absolute Gasteiger partial charge is 0.261 e. The lowest BCUT2D eigenvalue weighted by Crippen LogP contribution is -2.32. The van der Waals surface area contributed by atoms with E-state index in [-0.39, 0.29) is 18.4 Å². The van der Waals surface area contributed by atoms with E-state index < -0.39 is 0 Å². The largest absolute Gasteiger partial charge is 0.342 e. The molecule has 6 nitrogen and oxygen atoms in total. The van der Waals surface area contributed by atoms with Crippen LogP contribution in [0.3, 0.4) is 0 Å². The number of para-hydroxylation sites is 1. The second-order valence-electron chi connectivity index (χ2n) is 4.33. The molecular formula is C14H12N4O2S. The number of nitrogens with zero attached hydrogens (tertiary/aromatic N) is 1. The fourth-order valence-corrected chi connectivity index (χ4v) is 2.53. The van der Waals surface area contributed by atoms with Gasteiger partial charge in [0.2, 0.25) is 5.91 Å². The Balaban J connectivity index is 1.60. The van der Waals surface area contributed by atoms with Crippen molar-refractivity contribution in [2.75, 3.05) is 11.9 Å². The topological polar surface area (TPSA) is 86.9 Å². The summed E-state index contributed by atoms with van der Waals surface area (Å²) in [6.07, 6.45) is 0. The minimum absolute atomic E-state index is 0.0993. The van der Waals surface area contributed by atoms with Crippen LogP contribution in [0.15, 0.2) is 41.8 Å². The van der Waals surface area contributed by atoms with Crippen molar-refractivity contribution >= 4 is 39.9 Å². The second-order valence-corrected chi connectivity index (χ2v) is 5.27. The fraction of sp³-hybridized carbons (Fsp3) is 0.0714. The molecule has 0 radical (unpaired) electrons. The molecular weight excluding hydrogens is 288 g/mol. The summed E-state index contributed by atoms with van der Waals surface area (Å²) in [6.45, 7) is -0.0993. The third-order valence-electron chi connectivity index (χ3n) is 2.88. The maximum Gasteiger partial charge on any atom is 0.261 e. The molecule has 2 amide bonds. The van der Waals surface area contributed by atoms with Crippen LogP contribution in [0.2, 0.25) is 0 Å². The van der Waals surface area contributed by atoms with Gasteiger partial charge < -0.3 is 10.6 Å². The summed E-state index contributed by atoms with van der Waals surface area (Å²) >= 11 is 1.33. The number of fused-ring (bicyclic) bond motifs is 1. The molecule has 0 aliphatic rings. The molecule has 0 aliphatic heterocycles. The van der Waals surface area contributed by atoms with Gasteiger partial charge in [0, 0.05) is 5.39 Å². The van der Waals surface area contributed by atoms with E-state index in [1.807, 2.05) is 29.6 Å². The van der Waals surface area contributed by atoms with Crippen LogP contribution >= 0.6 is 11.3 Å². The molecule has 106 valence electrons. The number of rotatable bonds is 4. The molecule has 0 spiro atoms. The highest BCUT2D eigenvalue weighted by atomic mass is 32.1. The van der Waals surface area contributed by atoms with Gasteiger partial charge in [0.15, 0.2) is 5.82 Å². The summed E-state index contributed by atoms with van der Waals surface area (Å²) in [5.74, 6) is -0.120. The van der Waals surface area contributed by atoms with Crippen LogP contribution < -0.4 is 10.6 Å². The highest BCUT2D eigenvalue weighted by molar-refractivity contribution is 7.12. The van der Waals surface area contributed by atoms with Crippen molar-refractivity contribution in [2.45, 2.75) is 0 Å². The Morgan fingerprint density at radius 1 is 1.19 bits per heavy atom. The van der Waals surface area contributed by atoms with E-state index in [0.717, 1.165) is 10.9 Å². The predicted octanol–water partition coefficient (Wildman–Crippen LogP) is 1.99. The van der Waals surface area contributed by atoms with Crippen LogP contribution in [0, 0.1) is 0 Å². The lowest BCUT2D eigenvalue weighted by Gasteiger charge is -2.04. The number of hydrogen-bond acceptors (Lipinski definition) is 4. The third-order valence-corrected chi connectivity index (χ3v) is 3.75. The number of benzene rings is 1. The molecule has 0 saturated heterocycles. The van der Waals surface area contributed by atoms with Crippen molar-refractivity contribution in [3.05, 3.63) is 46.7 Å². The third kappa shape index (κ3) is 2.92. The summed E-state index contributed by atoms with van der Waals surface area (Å²) in [6, 6.07) is 11.0. The molecule has 3 rings (SSSR count). The van der Waals surface area contributed by atoms with Gasteiger partial charge in [0.25, 0.3) is 5.91 Å². The van der Waals surface area contributed by atoms with Crippen molar-refractivity contribution in [1.29, 1.82) is 0 Å². The Labute approximate surface area is 124 Å². The standard InChI is InChI=1S/C14H12N4O2S/c19-12(8-15-14(20)11-6-3-7-21-11)16-13-9-4-1-2-5-10(9)17-18-13/h1-7H,8H2,(H,15,20)(H2,16,17,18,19). The summed E-state index contributed by atoms with van der Waals surface area (Å²) in [5, 5.41) is 14.8. The quantitative estimate of drug-likeness (QED) is 0.688. The van der Waals surface area contributed by atoms with Gasteiger partial charge in [-0.25, -0.2) is 0 Å². The number of carbonyl (C=O) groups excluding carboxylic acids is 2. The molecule has 0 aliphatic carbocycles. The molecule has 0 fully saturated rings. The zero-order valence-corrected chi connectivity index (χ0v) is 11.7. The lowest BCUT2D eigenvalue weighted by atomic mass is 10.2. The molecule has 3 N–H and O–H groups in total. The Bertz CT molecular complexity index is 779. The van der Waals surface area contributed by atoms with Gasteiger partial charge in [0.05, 0.1) is 16.9 Å². The number of thiophene rings is 1. The van der Waals surface area contributed by atoms with Gasteiger partial charge in [-0.3, -0.25) is 14.7 Å².